The van der Waals surface area contributed by atoms with E-state index in [1.807, 2.05) is 6.92 Å². The SMILES string of the molecule is CCCOc1ccc(CC(=O)C(=O)OC)cc1. The molecule has 0 aliphatic heterocycles. The van der Waals surface area contributed by atoms with E-state index >= 15 is 0 Å². The van der Waals surface area contributed by atoms with Gasteiger partial charge >= 0.3 is 5.97 Å². The van der Waals surface area contributed by atoms with E-state index in [0.717, 1.165) is 17.7 Å². The van der Waals surface area contributed by atoms with E-state index in [1.165, 1.54) is 7.11 Å². The van der Waals surface area contributed by atoms with Crippen molar-refractivity contribution in [3.63, 3.8) is 0 Å². The van der Waals surface area contributed by atoms with Crippen LogP contribution in [0, 0.1) is 0 Å². The van der Waals surface area contributed by atoms with Crippen LogP contribution in [-0.2, 0) is 20.7 Å². The molecule has 0 aromatic heterocycles. The molecule has 4 heteroatoms. The molecular formula is C13H16O4. The van der Waals surface area contributed by atoms with Gasteiger partial charge in [0.15, 0.2) is 0 Å². The summed E-state index contributed by atoms with van der Waals surface area (Å²) in [6, 6.07) is 7.11. The number of carbonyl (C=O) groups is 2. The highest BCUT2D eigenvalue weighted by Crippen LogP contribution is 2.13. The lowest BCUT2D eigenvalue weighted by Gasteiger charge is -2.05. The lowest BCUT2D eigenvalue weighted by molar-refractivity contribution is -0.151. The number of esters is 1. The maximum absolute atomic E-state index is 11.3. The number of ether oxygens (including phenoxy) is 2. The van der Waals surface area contributed by atoms with Gasteiger partial charge < -0.3 is 9.47 Å². The minimum Gasteiger partial charge on any atom is -0.494 e. The molecule has 0 unspecified atom stereocenters. The molecule has 92 valence electrons. The number of benzene rings is 1. The first-order chi connectivity index (χ1) is 8.17. The fourth-order valence-electron chi connectivity index (χ4n) is 1.29. The Morgan fingerprint density at radius 1 is 1.18 bits per heavy atom. The average molecular weight is 236 g/mol. The highest BCUT2D eigenvalue weighted by atomic mass is 16.5. The second-order valence-corrected chi connectivity index (χ2v) is 3.58. The Morgan fingerprint density at radius 2 is 1.82 bits per heavy atom. The van der Waals surface area contributed by atoms with Crippen LogP contribution in [0.5, 0.6) is 5.75 Å². The number of hydrogen-bond acceptors (Lipinski definition) is 4. The highest BCUT2D eigenvalue weighted by Gasteiger charge is 2.14. The van der Waals surface area contributed by atoms with E-state index in [-0.39, 0.29) is 6.42 Å². The Bertz CT molecular complexity index is 381. The summed E-state index contributed by atoms with van der Waals surface area (Å²) in [5.41, 5.74) is 0.768. The van der Waals surface area contributed by atoms with Crippen molar-refractivity contribution in [1.82, 2.24) is 0 Å². The lowest BCUT2D eigenvalue weighted by atomic mass is 10.1. The van der Waals surface area contributed by atoms with Crippen LogP contribution in [0.25, 0.3) is 0 Å². The summed E-state index contributed by atoms with van der Waals surface area (Å²) in [6.07, 6.45) is 1.00. The standard InChI is InChI=1S/C13H16O4/c1-3-8-17-11-6-4-10(5-7-11)9-12(14)13(15)16-2/h4-7H,3,8-9H2,1-2H3. The van der Waals surface area contributed by atoms with Crippen LogP contribution < -0.4 is 4.74 Å². The summed E-state index contributed by atoms with van der Waals surface area (Å²) in [4.78, 5) is 22.2. The first kappa shape index (κ1) is 13.2. The molecule has 0 bridgehead atoms. The van der Waals surface area contributed by atoms with Gasteiger partial charge in [-0.2, -0.15) is 0 Å². The van der Waals surface area contributed by atoms with Crippen LogP contribution in [-0.4, -0.2) is 25.5 Å². The van der Waals surface area contributed by atoms with Crippen molar-refractivity contribution < 1.29 is 19.1 Å². The first-order valence-electron chi connectivity index (χ1n) is 5.50. The maximum atomic E-state index is 11.3. The largest absolute Gasteiger partial charge is 0.494 e. The molecule has 4 nitrogen and oxygen atoms in total. The smallest absolute Gasteiger partial charge is 0.374 e. The Labute approximate surface area is 101 Å². The molecule has 0 aliphatic rings. The van der Waals surface area contributed by atoms with Crippen molar-refractivity contribution in [3.8, 4) is 5.75 Å². The number of carbonyl (C=O) groups excluding carboxylic acids is 2. The fraction of sp³-hybridized carbons (Fsp3) is 0.385. The predicted octanol–water partition coefficient (Wildman–Crippen LogP) is 1.76. The second kappa shape index (κ2) is 6.68. The third-order valence-electron chi connectivity index (χ3n) is 2.17. The normalized spacial score (nSPS) is 9.76. The minimum absolute atomic E-state index is 0.0563. The summed E-state index contributed by atoms with van der Waals surface area (Å²) in [7, 11) is 1.20. The van der Waals surface area contributed by atoms with Gasteiger partial charge in [-0.15, -0.1) is 0 Å². The van der Waals surface area contributed by atoms with E-state index in [1.54, 1.807) is 24.3 Å². The maximum Gasteiger partial charge on any atom is 0.374 e. The molecule has 1 aromatic carbocycles. The van der Waals surface area contributed by atoms with Crippen molar-refractivity contribution in [1.29, 1.82) is 0 Å². The van der Waals surface area contributed by atoms with Crippen molar-refractivity contribution in [3.05, 3.63) is 29.8 Å². The van der Waals surface area contributed by atoms with E-state index in [4.69, 9.17) is 4.74 Å². The third-order valence-corrected chi connectivity index (χ3v) is 2.17. The summed E-state index contributed by atoms with van der Waals surface area (Å²) in [5, 5.41) is 0. The molecule has 0 aliphatic carbocycles. The van der Waals surface area contributed by atoms with Gasteiger partial charge in [0.1, 0.15) is 5.75 Å². The van der Waals surface area contributed by atoms with Crippen LogP contribution in [0.4, 0.5) is 0 Å². The second-order valence-electron chi connectivity index (χ2n) is 3.58. The van der Waals surface area contributed by atoms with E-state index in [2.05, 4.69) is 4.74 Å². The zero-order chi connectivity index (χ0) is 12.7. The van der Waals surface area contributed by atoms with Gasteiger partial charge in [-0.25, -0.2) is 4.79 Å². The molecule has 0 N–H and O–H groups in total. The molecule has 0 amide bonds. The summed E-state index contributed by atoms with van der Waals surface area (Å²) >= 11 is 0. The molecule has 0 saturated heterocycles. The molecule has 0 fully saturated rings. The minimum atomic E-state index is -0.809. The third kappa shape index (κ3) is 4.26. The average Bonchev–Trinajstić information content (AvgIpc) is 2.37. The van der Waals surface area contributed by atoms with Crippen LogP contribution in [0.3, 0.4) is 0 Å². The van der Waals surface area contributed by atoms with Crippen molar-refractivity contribution >= 4 is 11.8 Å². The van der Waals surface area contributed by atoms with Gasteiger partial charge in [0.05, 0.1) is 13.7 Å². The molecule has 0 atom stereocenters. The highest BCUT2D eigenvalue weighted by molar-refractivity contribution is 6.34. The van der Waals surface area contributed by atoms with Crippen molar-refractivity contribution in [2.75, 3.05) is 13.7 Å². The summed E-state index contributed by atoms with van der Waals surface area (Å²) in [5.74, 6) is -0.591. The molecule has 0 spiro atoms. The molecular weight excluding hydrogens is 220 g/mol. The molecule has 1 rings (SSSR count). The molecule has 0 radical (unpaired) electrons. The molecule has 0 heterocycles. The number of ketones is 1. The topological polar surface area (TPSA) is 52.6 Å². The van der Waals surface area contributed by atoms with Gasteiger partial charge in [-0.05, 0) is 24.1 Å². The van der Waals surface area contributed by atoms with Crippen LogP contribution in [0.2, 0.25) is 0 Å². The Balaban J connectivity index is 2.56. The fourth-order valence-corrected chi connectivity index (χ4v) is 1.29. The Hall–Kier alpha value is -1.84. The number of rotatable bonds is 6. The zero-order valence-electron chi connectivity index (χ0n) is 10.1. The molecule has 17 heavy (non-hydrogen) atoms. The van der Waals surface area contributed by atoms with Crippen LogP contribution in [0.15, 0.2) is 24.3 Å². The van der Waals surface area contributed by atoms with E-state index in [9.17, 15) is 9.59 Å². The van der Waals surface area contributed by atoms with Gasteiger partial charge in [-0.1, -0.05) is 19.1 Å². The van der Waals surface area contributed by atoms with Crippen LogP contribution in [0.1, 0.15) is 18.9 Å². The molecule has 0 saturated carbocycles. The summed E-state index contributed by atoms with van der Waals surface area (Å²) < 4.78 is 9.76. The van der Waals surface area contributed by atoms with Gasteiger partial charge in [0, 0.05) is 6.42 Å². The van der Waals surface area contributed by atoms with Gasteiger partial charge in [0.25, 0.3) is 0 Å². The molecule has 1 aromatic rings. The predicted molar refractivity (Wildman–Crippen MR) is 63.0 cm³/mol. The monoisotopic (exact) mass is 236 g/mol. The number of methoxy groups -OCH3 is 1. The quantitative estimate of drug-likeness (QED) is 0.558. The zero-order valence-corrected chi connectivity index (χ0v) is 10.1. The van der Waals surface area contributed by atoms with E-state index < -0.39 is 11.8 Å². The Kier molecular flexibility index (Phi) is 5.20. The lowest BCUT2D eigenvalue weighted by Crippen LogP contribution is -2.17. The first-order valence-corrected chi connectivity index (χ1v) is 5.50. The van der Waals surface area contributed by atoms with Gasteiger partial charge in [-0.3, -0.25) is 4.79 Å². The van der Waals surface area contributed by atoms with Crippen molar-refractivity contribution in [2.45, 2.75) is 19.8 Å². The number of Topliss-reactive ketones (excluding diaryl/α,β-unsaturated/α-hetero) is 1. The Morgan fingerprint density at radius 3 is 2.35 bits per heavy atom. The summed E-state index contributed by atoms with van der Waals surface area (Å²) in [6.45, 7) is 2.70. The number of hydrogen-bond donors (Lipinski definition) is 0. The van der Waals surface area contributed by atoms with Crippen molar-refractivity contribution in [2.24, 2.45) is 0 Å². The van der Waals surface area contributed by atoms with Crippen LogP contribution >= 0.6 is 0 Å². The van der Waals surface area contributed by atoms with Gasteiger partial charge in [0.2, 0.25) is 5.78 Å². The van der Waals surface area contributed by atoms with E-state index in [0.29, 0.717) is 6.61 Å².